The van der Waals surface area contributed by atoms with Crippen molar-refractivity contribution in [3.63, 3.8) is 0 Å². The van der Waals surface area contributed by atoms with Crippen molar-refractivity contribution in [3.05, 3.63) is 0 Å². The van der Waals surface area contributed by atoms with Gasteiger partial charge in [-0.05, 0) is 31.1 Å². The highest BCUT2D eigenvalue weighted by Gasteiger charge is 2.32. The zero-order chi connectivity index (χ0) is 11.7. The van der Waals surface area contributed by atoms with E-state index in [0.717, 1.165) is 11.8 Å². The molecule has 0 aromatic rings. The molecular weight excluding hydrogens is 208 g/mol. The highest BCUT2D eigenvalue weighted by molar-refractivity contribution is 4.83. The summed E-state index contributed by atoms with van der Waals surface area (Å²) in [4.78, 5) is 2.79. The lowest BCUT2D eigenvalue weighted by atomic mass is 9.78. The van der Waals surface area contributed by atoms with Crippen molar-refractivity contribution in [1.82, 2.24) is 4.90 Å². The maximum absolute atomic E-state index is 2.79. The minimum Gasteiger partial charge on any atom is -0.325 e. The fourth-order valence-electron chi connectivity index (χ4n) is 4.43. The summed E-state index contributed by atoms with van der Waals surface area (Å²) in [6, 6.07) is 0. The maximum atomic E-state index is 2.79. The molecule has 17 heavy (non-hydrogen) atoms. The Kier molecular flexibility index (Phi) is 3.45. The van der Waals surface area contributed by atoms with E-state index in [1.165, 1.54) is 75.9 Å². The number of hydrogen-bond donors (Lipinski definition) is 0. The van der Waals surface area contributed by atoms with Crippen LogP contribution in [0.25, 0.3) is 0 Å². The van der Waals surface area contributed by atoms with Crippen LogP contribution in [0.5, 0.6) is 0 Å². The molecule has 0 amide bonds. The molecule has 0 N–H and O–H groups in total. The number of rotatable bonds is 3. The number of fused-ring (bicyclic) bond motifs is 2. The van der Waals surface area contributed by atoms with Crippen LogP contribution in [0.15, 0.2) is 0 Å². The molecule has 2 saturated heterocycles. The van der Waals surface area contributed by atoms with E-state index in [2.05, 4.69) is 11.9 Å². The normalized spacial score (nSPS) is 37.2. The number of quaternary nitrogens is 1. The second-order valence-corrected chi connectivity index (χ2v) is 7.16. The molecule has 2 heterocycles. The van der Waals surface area contributed by atoms with Crippen LogP contribution in [-0.2, 0) is 0 Å². The first-order valence-corrected chi connectivity index (χ1v) is 7.79. The standard InChI is InChI=1S/C15H29N2/c1-17(8-2-3-9-17)10-7-16-12-14-5-4-6-15(11-14)13-16/h14-15H,2-13H2,1H3/q+1. The van der Waals surface area contributed by atoms with E-state index in [1.807, 2.05) is 0 Å². The Morgan fingerprint density at radius 1 is 1.00 bits per heavy atom. The van der Waals surface area contributed by atoms with Crippen molar-refractivity contribution in [2.24, 2.45) is 11.8 Å². The number of likely N-dealkylation sites (tertiary alicyclic amines) is 2. The fourth-order valence-corrected chi connectivity index (χ4v) is 4.43. The summed E-state index contributed by atoms with van der Waals surface area (Å²) < 4.78 is 1.35. The zero-order valence-corrected chi connectivity index (χ0v) is 11.5. The van der Waals surface area contributed by atoms with Crippen LogP contribution in [-0.4, -0.2) is 55.7 Å². The van der Waals surface area contributed by atoms with Crippen LogP contribution in [0.1, 0.15) is 38.5 Å². The molecule has 0 aromatic carbocycles. The largest absolute Gasteiger partial charge is 0.325 e. The molecule has 1 saturated carbocycles. The summed E-state index contributed by atoms with van der Waals surface area (Å²) in [5, 5.41) is 0. The predicted octanol–water partition coefficient (Wildman–Crippen LogP) is 2.35. The molecule has 0 radical (unpaired) electrons. The monoisotopic (exact) mass is 237 g/mol. The lowest BCUT2D eigenvalue weighted by molar-refractivity contribution is -0.897. The summed E-state index contributed by atoms with van der Waals surface area (Å²) in [6.45, 7) is 8.46. The van der Waals surface area contributed by atoms with E-state index in [-0.39, 0.29) is 0 Å². The molecule has 2 heteroatoms. The predicted molar refractivity (Wildman–Crippen MR) is 71.9 cm³/mol. The van der Waals surface area contributed by atoms with Gasteiger partial charge < -0.3 is 4.48 Å². The van der Waals surface area contributed by atoms with E-state index in [4.69, 9.17) is 0 Å². The van der Waals surface area contributed by atoms with Crippen molar-refractivity contribution < 1.29 is 4.48 Å². The number of nitrogens with zero attached hydrogens (tertiary/aromatic N) is 2. The molecule has 3 fully saturated rings. The summed E-state index contributed by atoms with van der Waals surface area (Å²) in [6.07, 6.45) is 9.00. The second-order valence-electron chi connectivity index (χ2n) is 7.16. The lowest BCUT2D eigenvalue weighted by Gasteiger charge is -2.42. The zero-order valence-electron chi connectivity index (χ0n) is 11.5. The second kappa shape index (κ2) is 4.89. The summed E-state index contributed by atoms with van der Waals surface area (Å²) in [5.41, 5.74) is 0. The van der Waals surface area contributed by atoms with E-state index in [9.17, 15) is 0 Å². The van der Waals surface area contributed by atoms with Gasteiger partial charge in [0.05, 0.1) is 26.7 Å². The van der Waals surface area contributed by atoms with E-state index >= 15 is 0 Å². The molecule has 0 aromatic heterocycles. The molecule has 98 valence electrons. The van der Waals surface area contributed by atoms with Crippen LogP contribution in [0.4, 0.5) is 0 Å². The van der Waals surface area contributed by atoms with E-state index in [0.29, 0.717) is 0 Å². The van der Waals surface area contributed by atoms with Gasteiger partial charge in [-0.1, -0.05) is 6.42 Å². The quantitative estimate of drug-likeness (QED) is 0.681. The third-order valence-corrected chi connectivity index (χ3v) is 5.53. The summed E-state index contributed by atoms with van der Waals surface area (Å²) in [5.74, 6) is 2.10. The lowest BCUT2D eigenvalue weighted by Crippen LogP contribution is -2.50. The molecule has 3 rings (SSSR count). The average Bonchev–Trinajstić information content (AvgIpc) is 2.74. The van der Waals surface area contributed by atoms with Crippen molar-refractivity contribution in [3.8, 4) is 0 Å². The average molecular weight is 237 g/mol. The third-order valence-electron chi connectivity index (χ3n) is 5.53. The fraction of sp³-hybridized carbons (Fsp3) is 1.00. The highest BCUT2D eigenvalue weighted by Crippen LogP contribution is 2.34. The Hall–Kier alpha value is -0.0800. The van der Waals surface area contributed by atoms with Crippen LogP contribution >= 0.6 is 0 Å². The van der Waals surface area contributed by atoms with E-state index < -0.39 is 0 Å². The highest BCUT2D eigenvalue weighted by atomic mass is 15.4. The Balaban J connectivity index is 1.48. The van der Waals surface area contributed by atoms with Gasteiger partial charge >= 0.3 is 0 Å². The Bertz CT molecular complexity index is 246. The van der Waals surface area contributed by atoms with Crippen LogP contribution in [0.3, 0.4) is 0 Å². The smallest absolute Gasteiger partial charge is 0.0913 e. The first kappa shape index (κ1) is 12.0. The summed E-state index contributed by atoms with van der Waals surface area (Å²) >= 11 is 0. The van der Waals surface area contributed by atoms with E-state index in [1.54, 1.807) is 6.42 Å². The van der Waals surface area contributed by atoms with Gasteiger partial charge in [-0.15, -0.1) is 0 Å². The number of hydrogen-bond acceptors (Lipinski definition) is 1. The Morgan fingerprint density at radius 2 is 1.65 bits per heavy atom. The Morgan fingerprint density at radius 3 is 2.29 bits per heavy atom. The summed E-state index contributed by atoms with van der Waals surface area (Å²) in [7, 11) is 2.47. The van der Waals surface area contributed by atoms with Gasteiger partial charge in [0.1, 0.15) is 0 Å². The molecule has 2 unspecified atom stereocenters. The van der Waals surface area contributed by atoms with Gasteiger partial charge in [0.25, 0.3) is 0 Å². The number of piperidine rings is 1. The van der Waals surface area contributed by atoms with Crippen molar-refractivity contribution in [2.75, 3.05) is 46.3 Å². The van der Waals surface area contributed by atoms with Gasteiger partial charge in [0, 0.05) is 32.5 Å². The maximum Gasteiger partial charge on any atom is 0.0913 e. The Labute approximate surface area is 107 Å². The molecule has 2 atom stereocenters. The van der Waals surface area contributed by atoms with Gasteiger partial charge in [0.2, 0.25) is 0 Å². The van der Waals surface area contributed by atoms with Crippen LogP contribution in [0, 0.1) is 11.8 Å². The molecule has 2 bridgehead atoms. The molecule has 3 aliphatic rings. The minimum atomic E-state index is 1.05. The molecule has 1 aliphatic carbocycles. The molecule has 2 aliphatic heterocycles. The molecule has 0 spiro atoms. The van der Waals surface area contributed by atoms with Crippen molar-refractivity contribution in [1.29, 1.82) is 0 Å². The van der Waals surface area contributed by atoms with Crippen molar-refractivity contribution >= 4 is 0 Å². The number of likely N-dealkylation sites (N-methyl/N-ethyl adjacent to an activating group) is 1. The van der Waals surface area contributed by atoms with Gasteiger partial charge in [-0.25, -0.2) is 0 Å². The first-order valence-electron chi connectivity index (χ1n) is 7.79. The van der Waals surface area contributed by atoms with Crippen molar-refractivity contribution in [2.45, 2.75) is 38.5 Å². The van der Waals surface area contributed by atoms with Gasteiger partial charge in [-0.2, -0.15) is 0 Å². The molecule has 2 nitrogen and oxygen atoms in total. The minimum absolute atomic E-state index is 1.05. The SMILES string of the molecule is C[N+]1(CCN2CC3CCCC(C3)C2)CCCC1. The first-order chi connectivity index (χ1) is 8.23. The van der Waals surface area contributed by atoms with Gasteiger partial charge in [-0.3, -0.25) is 4.90 Å². The van der Waals surface area contributed by atoms with Crippen LogP contribution < -0.4 is 0 Å². The van der Waals surface area contributed by atoms with Gasteiger partial charge in [0.15, 0.2) is 0 Å². The van der Waals surface area contributed by atoms with Crippen LogP contribution in [0.2, 0.25) is 0 Å². The third kappa shape index (κ3) is 2.85. The molecular formula is C15H29N2+. The topological polar surface area (TPSA) is 3.24 Å².